The van der Waals surface area contributed by atoms with E-state index in [0.29, 0.717) is 16.9 Å². The second kappa shape index (κ2) is 6.78. The van der Waals surface area contributed by atoms with E-state index in [4.69, 9.17) is 4.74 Å². The Balaban J connectivity index is 2.03. The van der Waals surface area contributed by atoms with Crippen LogP contribution in [0.1, 0.15) is 58.7 Å². The smallest absolute Gasteiger partial charge is 0.251 e. The zero-order chi connectivity index (χ0) is 19.9. The molecule has 142 valence electrons. The fraction of sp³-hybridized carbons (Fsp3) is 0.333. The highest BCUT2D eigenvalue weighted by atomic mass is 19.1. The first-order valence-corrected chi connectivity index (χ1v) is 8.69. The van der Waals surface area contributed by atoms with E-state index < -0.39 is 29.5 Å². The maximum atomic E-state index is 13.1. The summed E-state index contributed by atoms with van der Waals surface area (Å²) in [5.41, 5.74) is 1.13. The Morgan fingerprint density at radius 1 is 1.19 bits per heavy atom. The van der Waals surface area contributed by atoms with E-state index in [1.165, 1.54) is 31.2 Å². The number of carbonyl (C=O) groups is 2. The number of rotatable bonds is 3. The van der Waals surface area contributed by atoms with Crippen LogP contribution in [0, 0.1) is 12.7 Å². The molecule has 0 bridgehead atoms. The predicted octanol–water partition coefficient (Wildman–Crippen LogP) is 3.34. The number of ether oxygens (including phenoxy) is 1. The first kappa shape index (κ1) is 19.0. The number of aryl methyl sites for hydroxylation is 1. The Kier molecular flexibility index (Phi) is 4.78. The number of ketones is 1. The number of nitrogens with one attached hydrogen (secondary N) is 1. The van der Waals surface area contributed by atoms with Gasteiger partial charge in [-0.05, 0) is 69.7 Å². The van der Waals surface area contributed by atoms with Crippen molar-refractivity contribution in [2.45, 2.75) is 45.4 Å². The fourth-order valence-electron chi connectivity index (χ4n) is 3.31. The number of benzene rings is 2. The largest absolute Gasteiger partial charge is 0.485 e. The number of hydrogen-bond acceptors (Lipinski definition) is 4. The summed E-state index contributed by atoms with van der Waals surface area (Å²) in [4.78, 5) is 24.5. The number of fused-ring (bicyclic) bond motifs is 1. The molecule has 3 rings (SSSR count). The van der Waals surface area contributed by atoms with E-state index in [-0.39, 0.29) is 11.3 Å². The van der Waals surface area contributed by atoms with Crippen molar-refractivity contribution >= 4 is 11.7 Å². The second-order valence-corrected chi connectivity index (χ2v) is 7.37. The van der Waals surface area contributed by atoms with Crippen molar-refractivity contribution in [3.63, 3.8) is 0 Å². The van der Waals surface area contributed by atoms with Gasteiger partial charge in [0.2, 0.25) is 0 Å². The molecule has 2 atom stereocenters. The van der Waals surface area contributed by atoms with Crippen LogP contribution in [0.2, 0.25) is 0 Å². The average Bonchev–Trinajstić information content (AvgIpc) is 2.58. The molecule has 0 unspecified atom stereocenters. The maximum absolute atomic E-state index is 13.1. The molecular formula is C21H22FNO4. The van der Waals surface area contributed by atoms with Crippen LogP contribution in [0.15, 0.2) is 36.4 Å². The quantitative estimate of drug-likeness (QED) is 0.812. The van der Waals surface area contributed by atoms with Gasteiger partial charge in [-0.25, -0.2) is 4.39 Å². The van der Waals surface area contributed by atoms with Gasteiger partial charge in [0.1, 0.15) is 23.3 Å². The molecule has 1 amide bonds. The lowest BCUT2D eigenvalue weighted by molar-refractivity contribution is -0.0628. The molecular weight excluding hydrogens is 349 g/mol. The Morgan fingerprint density at radius 3 is 2.41 bits per heavy atom. The lowest BCUT2D eigenvalue weighted by Crippen LogP contribution is -2.53. The summed E-state index contributed by atoms with van der Waals surface area (Å²) in [6.07, 6.45) is -1.04. The molecule has 0 saturated heterocycles. The van der Waals surface area contributed by atoms with Crippen molar-refractivity contribution in [3.8, 4) is 5.75 Å². The molecule has 0 spiro atoms. The van der Waals surface area contributed by atoms with E-state index >= 15 is 0 Å². The minimum Gasteiger partial charge on any atom is -0.485 e. The van der Waals surface area contributed by atoms with E-state index in [1.54, 1.807) is 26.0 Å². The summed E-state index contributed by atoms with van der Waals surface area (Å²) in [5, 5.41) is 13.6. The van der Waals surface area contributed by atoms with Crippen molar-refractivity contribution in [2.24, 2.45) is 0 Å². The minimum absolute atomic E-state index is 0.113. The van der Waals surface area contributed by atoms with Crippen LogP contribution in [0.5, 0.6) is 5.75 Å². The first-order valence-electron chi connectivity index (χ1n) is 8.69. The Labute approximate surface area is 157 Å². The zero-order valence-corrected chi connectivity index (χ0v) is 15.7. The summed E-state index contributed by atoms with van der Waals surface area (Å²) in [5.74, 6) is -0.492. The van der Waals surface area contributed by atoms with Crippen LogP contribution in [-0.2, 0) is 0 Å². The second-order valence-electron chi connectivity index (χ2n) is 7.37. The van der Waals surface area contributed by atoms with Crippen molar-refractivity contribution in [1.82, 2.24) is 5.32 Å². The molecule has 6 heteroatoms. The van der Waals surface area contributed by atoms with Crippen LogP contribution in [-0.4, -0.2) is 28.5 Å². The monoisotopic (exact) mass is 371 g/mol. The minimum atomic E-state index is -1.04. The Morgan fingerprint density at radius 2 is 1.81 bits per heavy atom. The molecule has 0 radical (unpaired) electrons. The molecule has 1 aliphatic heterocycles. The molecule has 2 aromatic rings. The molecule has 0 aromatic heterocycles. The van der Waals surface area contributed by atoms with Crippen LogP contribution >= 0.6 is 0 Å². The molecule has 0 fully saturated rings. The number of amides is 1. The molecule has 27 heavy (non-hydrogen) atoms. The molecule has 1 heterocycles. The number of Topliss-reactive ketones (excluding diaryl/α,β-unsaturated/α-hetero) is 1. The van der Waals surface area contributed by atoms with E-state index in [1.807, 2.05) is 6.92 Å². The summed E-state index contributed by atoms with van der Waals surface area (Å²) in [6.45, 7) is 6.73. The van der Waals surface area contributed by atoms with Crippen molar-refractivity contribution in [3.05, 3.63) is 64.5 Å². The van der Waals surface area contributed by atoms with Gasteiger partial charge >= 0.3 is 0 Å². The molecule has 2 N–H and O–H groups in total. The number of aliphatic hydroxyl groups excluding tert-OH is 1. The summed E-state index contributed by atoms with van der Waals surface area (Å²) in [6, 6.07) is 7.77. The van der Waals surface area contributed by atoms with Gasteiger partial charge in [0.15, 0.2) is 5.78 Å². The number of hydrogen-bond donors (Lipinski definition) is 2. The van der Waals surface area contributed by atoms with Crippen molar-refractivity contribution in [2.75, 3.05) is 0 Å². The Bertz CT molecular complexity index is 905. The van der Waals surface area contributed by atoms with Crippen LogP contribution in [0.25, 0.3) is 0 Å². The zero-order valence-electron chi connectivity index (χ0n) is 15.7. The van der Waals surface area contributed by atoms with E-state index in [2.05, 4.69) is 5.32 Å². The van der Waals surface area contributed by atoms with Crippen LogP contribution < -0.4 is 10.1 Å². The highest BCUT2D eigenvalue weighted by Crippen LogP contribution is 2.41. The van der Waals surface area contributed by atoms with Crippen LogP contribution in [0.4, 0.5) is 4.39 Å². The maximum Gasteiger partial charge on any atom is 0.251 e. The third-order valence-electron chi connectivity index (χ3n) is 4.87. The summed E-state index contributed by atoms with van der Waals surface area (Å²) < 4.78 is 19.0. The topological polar surface area (TPSA) is 75.6 Å². The van der Waals surface area contributed by atoms with Crippen molar-refractivity contribution < 1.29 is 23.8 Å². The van der Waals surface area contributed by atoms with Gasteiger partial charge in [-0.15, -0.1) is 0 Å². The van der Waals surface area contributed by atoms with Gasteiger partial charge in [-0.3, -0.25) is 9.59 Å². The standard InChI is InChI=1S/C21H22FNO4/c1-11-9-17-16(10-15(11)12(2)24)18(19(25)21(3,4)27-17)23-20(26)13-5-7-14(22)8-6-13/h5-10,18-19,25H,1-4H3,(H,23,26)/t18-,19+/m0/s1. The highest BCUT2D eigenvalue weighted by molar-refractivity contribution is 5.96. The molecule has 0 saturated carbocycles. The van der Waals surface area contributed by atoms with Crippen molar-refractivity contribution in [1.29, 1.82) is 0 Å². The number of aliphatic hydroxyl groups is 1. The van der Waals surface area contributed by atoms with Gasteiger partial charge in [0.05, 0.1) is 6.04 Å². The molecule has 1 aliphatic rings. The average molecular weight is 371 g/mol. The van der Waals surface area contributed by atoms with Gasteiger partial charge in [-0.2, -0.15) is 0 Å². The summed E-state index contributed by atoms with van der Waals surface area (Å²) >= 11 is 0. The van der Waals surface area contributed by atoms with Gasteiger partial charge in [0.25, 0.3) is 5.91 Å². The highest BCUT2D eigenvalue weighted by Gasteiger charge is 2.44. The third kappa shape index (κ3) is 3.57. The summed E-state index contributed by atoms with van der Waals surface area (Å²) in [7, 11) is 0. The van der Waals surface area contributed by atoms with E-state index in [0.717, 1.165) is 5.56 Å². The Hall–Kier alpha value is -2.73. The SMILES string of the molecule is CC(=O)c1cc2c(cc1C)OC(C)(C)[C@H](O)[C@H]2NC(=O)c1ccc(F)cc1. The number of carbonyl (C=O) groups excluding carboxylic acids is 2. The van der Waals surface area contributed by atoms with Gasteiger partial charge < -0.3 is 15.2 Å². The van der Waals surface area contributed by atoms with E-state index in [9.17, 15) is 19.1 Å². The molecule has 2 aromatic carbocycles. The fourth-order valence-corrected chi connectivity index (χ4v) is 3.31. The molecule has 5 nitrogen and oxygen atoms in total. The lowest BCUT2D eigenvalue weighted by atomic mass is 9.84. The predicted molar refractivity (Wildman–Crippen MR) is 98.5 cm³/mol. The molecule has 0 aliphatic carbocycles. The van der Waals surface area contributed by atoms with Gasteiger partial charge in [-0.1, -0.05) is 0 Å². The normalized spacial score (nSPS) is 20.4. The number of halogens is 1. The lowest BCUT2D eigenvalue weighted by Gasteiger charge is -2.42. The van der Waals surface area contributed by atoms with Crippen LogP contribution in [0.3, 0.4) is 0 Å². The third-order valence-corrected chi connectivity index (χ3v) is 4.87. The first-order chi connectivity index (χ1) is 12.6. The van der Waals surface area contributed by atoms with Gasteiger partial charge in [0, 0.05) is 16.7 Å².